The molecule has 0 bridgehead atoms. The summed E-state index contributed by atoms with van der Waals surface area (Å²) >= 11 is 0. The smallest absolute Gasteiger partial charge is 0.340 e. The second kappa shape index (κ2) is 9.36. The maximum Gasteiger partial charge on any atom is 0.340 e. The van der Waals surface area contributed by atoms with Gasteiger partial charge in [0.1, 0.15) is 0 Å². The molecule has 0 aliphatic rings. The van der Waals surface area contributed by atoms with E-state index in [0.29, 0.717) is 5.69 Å². The van der Waals surface area contributed by atoms with Crippen molar-refractivity contribution in [3.05, 3.63) is 65.7 Å². The van der Waals surface area contributed by atoms with Crippen molar-refractivity contribution >= 4 is 23.5 Å². The van der Waals surface area contributed by atoms with Gasteiger partial charge >= 0.3 is 5.97 Å². The Hall–Kier alpha value is -3.15. The van der Waals surface area contributed by atoms with Gasteiger partial charge in [-0.25, -0.2) is 4.79 Å². The van der Waals surface area contributed by atoms with Gasteiger partial charge in [-0.3, -0.25) is 9.59 Å². The number of anilines is 1. The Balaban J connectivity index is 1.99. The monoisotopic (exact) mass is 354 g/mol. The van der Waals surface area contributed by atoms with Crippen molar-refractivity contribution in [2.75, 3.05) is 11.9 Å². The van der Waals surface area contributed by atoms with Crippen molar-refractivity contribution in [3.8, 4) is 0 Å². The van der Waals surface area contributed by atoms with Crippen molar-refractivity contribution in [1.29, 1.82) is 0 Å². The van der Waals surface area contributed by atoms with Crippen LogP contribution in [-0.4, -0.2) is 30.4 Å². The average molecular weight is 354 g/mol. The lowest BCUT2D eigenvalue weighted by Crippen LogP contribution is -2.34. The van der Waals surface area contributed by atoms with E-state index in [-0.39, 0.29) is 36.4 Å². The van der Waals surface area contributed by atoms with E-state index in [1.165, 1.54) is 0 Å². The lowest BCUT2D eigenvalue weighted by molar-refractivity contribution is -0.124. The summed E-state index contributed by atoms with van der Waals surface area (Å²) in [6, 6.07) is 15.8. The van der Waals surface area contributed by atoms with Crippen LogP contribution in [0.1, 0.15) is 29.8 Å². The first-order chi connectivity index (χ1) is 12.5. The molecule has 0 saturated carbocycles. The van der Waals surface area contributed by atoms with Crippen LogP contribution in [0.15, 0.2) is 54.6 Å². The highest BCUT2D eigenvalue weighted by Gasteiger charge is 2.16. The summed E-state index contributed by atoms with van der Waals surface area (Å²) in [7, 11) is 0. The highest BCUT2D eigenvalue weighted by Crippen LogP contribution is 2.17. The van der Waals surface area contributed by atoms with Crippen LogP contribution in [0, 0.1) is 0 Å². The first-order valence-corrected chi connectivity index (χ1v) is 8.35. The van der Waals surface area contributed by atoms with Gasteiger partial charge in [0.15, 0.2) is 6.61 Å². The molecule has 2 rings (SSSR count). The first kappa shape index (κ1) is 19.2. The minimum absolute atomic E-state index is 0.0363. The fourth-order valence-corrected chi connectivity index (χ4v) is 2.32. The highest BCUT2D eigenvalue weighted by atomic mass is 16.5. The zero-order chi connectivity index (χ0) is 18.9. The number of amides is 2. The number of hydrogen-bond acceptors (Lipinski definition) is 4. The summed E-state index contributed by atoms with van der Waals surface area (Å²) < 4.78 is 5.03. The molecule has 0 aliphatic carbocycles. The Kier molecular flexibility index (Phi) is 6.91. The van der Waals surface area contributed by atoms with Gasteiger partial charge in [-0.15, -0.1) is 0 Å². The Labute approximate surface area is 152 Å². The van der Waals surface area contributed by atoms with Crippen molar-refractivity contribution in [2.45, 2.75) is 26.3 Å². The molecule has 0 spiro atoms. The Morgan fingerprint density at radius 2 is 1.58 bits per heavy atom. The molecule has 0 aliphatic heterocycles. The number of hydrogen-bond donors (Lipinski definition) is 2. The number of ether oxygens (including phenoxy) is 1. The van der Waals surface area contributed by atoms with Gasteiger partial charge in [0, 0.05) is 6.04 Å². The molecule has 136 valence electrons. The Bertz CT molecular complexity index is 772. The van der Waals surface area contributed by atoms with Crippen molar-refractivity contribution in [1.82, 2.24) is 5.32 Å². The lowest BCUT2D eigenvalue weighted by Gasteiger charge is -2.12. The van der Waals surface area contributed by atoms with Crippen LogP contribution >= 0.6 is 0 Å². The molecule has 0 atom stereocenters. The Morgan fingerprint density at radius 1 is 0.923 bits per heavy atom. The minimum Gasteiger partial charge on any atom is -0.452 e. The molecule has 0 radical (unpaired) electrons. The van der Waals surface area contributed by atoms with Crippen molar-refractivity contribution in [2.24, 2.45) is 0 Å². The zero-order valence-corrected chi connectivity index (χ0v) is 14.8. The van der Waals surface area contributed by atoms with E-state index in [4.69, 9.17) is 4.74 Å². The van der Waals surface area contributed by atoms with Gasteiger partial charge in [-0.1, -0.05) is 42.5 Å². The number of benzene rings is 2. The number of carbonyl (C=O) groups excluding carboxylic acids is 3. The molecule has 0 heterocycles. The van der Waals surface area contributed by atoms with Crippen LogP contribution in [0.5, 0.6) is 0 Å². The van der Waals surface area contributed by atoms with Crippen LogP contribution in [0.2, 0.25) is 0 Å². The summed E-state index contributed by atoms with van der Waals surface area (Å²) in [6.45, 7) is 3.26. The van der Waals surface area contributed by atoms with E-state index >= 15 is 0 Å². The standard InChI is InChI=1S/C20H22N2O4/c1-14(2)21-19(24)13-26-20(25)16-10-6-7-11-17(16)22-18(23)12-15-8-4-3-5-9-15/h3-11,14H,12-13H2,1-2H3,(H,21,24)(H,22,23). The third-order valence-corrected chi connectivity index (χ3v) is 3.41. The fourth-order valence-electron chi connectivity index (χ4n) is 2.32. The molecule has 2 aromatic carbocycles. The molecule has 0 aromatic heterocycles. The van der Waals surface area contributed by atoms with E-state index in [1.54, 1.807) is 24.3 Å². The SMILES string of the molecule is CC(C)NC(=O)COC(=O)c1ccccc1NC(=O)Cc1ccccc1. The van der Waals surface area contributed by atoms with Gasteiger partial charge in [0.25, 0.3) is 5.91 Å². The van der Waals surface area contributed by atoms with E-state index in [0.717, 1.165) is 5.56 Å². The van der Waals surface area contributed by atoms with Gasteiger partial charge in [-0.05, 0) is 31.5 Å². The summed E-state index contributed by atoms with van der Waals surface area (Å²) in [6.07, 6.45) is 0.195. The lowest BCUT2D eigenvalue weighted by atomic mass is 10.1. The molecule has 6 nitrogen and oxygen atoms in total. The van der Waals surface area contributed by atoms with Crippen LogP contribution in [0.25, 0.3) is 0 Å². The molecular weight excluding hydrogens is 332 g/mol. The fraction of sp³-hybridized carbons (Fsp3) is 0.250. The number of esters is 1. The van der Waals surface area contributed by atoms with Crippen molar-refractivity contribution in [3.63, 3.8) is 0 Å². The number of rotatable bonds is 7. The molecule has 0 saturated heterocycles. The Morgan fingerprint density at radius 3 is 2.27 bits per heavy atom. The second-order valence-corrected chi connectivity index (χ2v) is 6.05. The maximum absolute atomic E-state index is 12.2. The van der Waals surface area contributed by atoms with E-state index < -0.39 is 5.97 Å². The van der Waals surface area contributed by atoms with Gasteiger partial charge in [-0.2, -0.15) is 0 Å². The second-order valence-electron chi connectivity index (χ2n) is 6.05. The highest BCUT2D eigenvalue weighted by molar-refractivity contribution is 6.02. The third-order valence-electron chi connectivity index (χ3n) is 3.41. The number of nitrogens with one attached hydrogen (secondary N) is 2. The van der Waals surface area contributed by atoms with Gasteiger partial charge in [0.2, 0.25) is 5.91 Å². The minimum atomic E-state index is -0.667. The number of carbonyl (C=O) groups is 3. The number of para-hydroxylation sites is 1. The van der Waals surface area contributed by atoms with Crippen LogP contribution < -0.4 is 10.6 Å². The summed E-state index contributed by atoms with van der Waals surface area (Å²) in [4.78, 5) is 36.1. The van der Waals surface area contributed by atoms with E-state index in [9.17, 15) is 14.4 Å². The largest absolute Gasteiger partial charge is 0.452 e. The molecular formula is C20H22N2O4. The summed E-state index contributed by atoms with van der Waals surface area (Å²) in [5.74, 6) is -1.28. The molecule has 26 heavy (non-hydrogen) atoms. The van der Waals surface area contributed by atoms with Gasteiger partial charge in [0.05, 0.1) is 17.7 Å². The predicted octanol–water partition coefficient (Wildman–Crippen LogP) is 2.55. The topological polar surface area (TPSA) is 84.5 Å². The summed E-state index contributed by atoms with van der Waals surface area (Å²) in [5, 5.41) is 5.36. The maximum atomic E-state index is 12.2. The third kappa shape index (κ3) is 6.05. The molecule has 0 unspecified atom stereocenters. The average Bonchev–Trinajstić information content (AvgIpc) is 2.60. The molecule has 6 heteroatoms. The van der Waals surface area contributed by atoms with Crippen molar-refractivity contribution < 1.29 is 19.1 Å². The van der Waals surface area contributed by atoms with Gasteiger partial charge < -0.3 is 15.4 Å². The van der Waals surface area contributed by atoms with Crippen LogP contribution in [-0.2, 0) is 20.7 Å². The molecule has 2 amide bonds. The normalized spacial score (nSPS) is 10.3. The predicted molar refractivity (Wildman–Crippen MR) is 98.8 cm³/mol. The summed E-state index contributed by atoms with van der Waals surface area (Å²) in [5.41, 5.74) is 1.42. The quantitative estimate of drug-likeness (QED) is 0.749. The first-order valence-electron chi connectivity index (χ1n) is 8.35. The van der Waals surface area contributed by atoms with E-state index in [1.807, 2.05) is 44.2 Å². The van der Waals surface area contributed by atoms with Crippen LogP contribution in [0.3, 0.4) is 0 Å². The molecule has 2 N–H and O–H groups in total. The van der Waals surface area contributed by atoms with Crippen LogP contribution in [0.4, 0.5) is 5.69 Å². The molecule has 2 aromatic rings. The van der Waals surface area contributed by atoms with E-state index in [2.05, 4.69) is 10.6 Å². The zero-order valence-electron chi connectivity index (χ0n) is 14.8. The molecule has 0 fully saturated rings.